The summed E-state index contributed by atoms with van der Waals surface area (Å²) in [7, 11) is 1.82. The topological polar surface area (TPSA) is 107 Å². The molecule has 10 heteroatoms. The van der Waals surface area contributed by atoms with Gasteiger partial charge in [0.05, 0.1) is 18.0 Å². The summed E-state index contributed by atoms with van der Waals surface area (Å²) in [5.41, 5.74) is 5.11. The van der Waals surface area contributed by atoms with Crippen LogP contribution in [0.25, 0.3) is 0 Å². The van der Waals surface area contributed by atoms with Crippen molar-refractivity contribution in [3.63, 3.8) is 0 Å². The SMILES string of the molecule is Cc1nn(Cc2ccccc2)c(C)c1CNC(=O)c1cccc(NC(=O)CSc2nncn2C)c1. The standard InChI is InChI=1S/C25H27N7O2S/c1-17-22(18(2)32(30-17)14-19-8-5-4-6-9-19)13-26-24(34)20-10-7-11-21(12-20)28-23(33)15-35-25-29-27-16-31(25)3/h4-12,16H,13-15H2,1-3H3,(H,26,34)(H,28,33). The van der Waals surface area contributed by atoms with Gasteiger partial charge in [0, 0.05) is 36.1 Å². The summed E-state index contributed by atoms with van der Waals surface area (Å²) in [6, 6.07) is 17.0. The first-order valence-corrected chi connectivity index (χ1v) is 12.1. The number of aromatic nitrogens is 5. The first-order chi connectivity index (χ1) is 16.9. The maximum atomic E-state index is 12.8. The Morgan fingerprint density at radius 2 is 1.86 bits per heavy atom. The lowest BCUT2D eigenvalue weighted by Gasteiger charge is -2.09. The second-order valence-corrected chi connectivity index (χ2v) is 9.06. The number of anilines is 1. The van der Waals surface area contributed by atoms with Crippen molar-refractivity contribution in [1.82, 2.24) is 29.9 Å². The normalized spacial score (nSPS) is 10.8. The number of aryl methyl sites for hydroxylation is 2. The molecule has 4 aromatic rings. The minimum Gasteiger partial charge on any atom is -0.348 e. The van der Waals surface area contributed by atoms with Crippen LogP contribution in [0, 0.1) is 13.8 Å². The van der Waals surface area contributed by atoms with Gasteiger partial charge in [-0.05, 0) is 37.6 Å². The van der Waals surface area contributed by atoms with Crippen LogP contribution in [0.1, 0.15) is 32.9 Å². The van der Waals surface area contributed by atoms with E-state index in [0.717, 1.165) is 17.0 Å². The lowest BCUT2D eigenvalue weighted by atomic mass is 10.1. The molecule has 0 atom stereocenters. The van der Waals surface area contributed by atoms with E-state index in [9.17, 15) is 9.59 Å². The highest BCUT2D eigenvalue weighted by Gasteiger charge is 2.14. The van der Waals surface area contributed by atoms with Crippen LogP contribution in [0.5, 0.6) is 0 Å². The van der Waals surface area contributed by atoms with E-state index >= 15 is 0 Å². The van der Waals surface area contributed by atoms with Gasteiger partial charge < -0.3 is 15.2 Å². The third-order valence-electron chi connectivity index (χ3n) is 5.54. The first-order valence-electron chi connectivity index (χ1n) is 11.1. The summed E-state index contributed by atoms with van der Waals surface area (Å²) in [5.74, 6) is -0.217. The molecule has 35 heavy (non-hydrogen) atoms. The van der Waals surface area contributed by atoms with Crippen molar-refractivity contribution < 1.29 is 9.59 Å². The third kappa shape index (κ3) is 6.15. The zero-order chi connectivity index (χ0) is 24.8. The summed E-state index contributed by atoms with van der Waals surface area (Å²) >= 11 is 1.29. The van der Waals surface area contributed by atoms with Crippen molar-refractivity contribution in [3.05, 3.63) is 89.0 Å². The molecule has 0 radical (unpaired) electrons. The minimum atomic E-state index is -0.218. The molecule has 2 aromatic carbocycles. The van der Waals surface area contributed by atoms with E-state index in [0.29, 0.717) is 29.5 Å². The van der Waals surface area contributed by atoms with Crippen LogP contribution < -0.4 is 10.6 Å². The number of amides is 2. The fourth-order valence-corrected chi connectivity index (χ4v) is 4.33. The van der Waals surface area contributed by atoms with E-state index in [1.807, 2.05) is 43.8 Å². The number of hydrogen-bond acceptors (Lipinski definition) is 6. The molecule has 2 heterocycles. The maximum absolute atomic E-state index is 12.8. The molecular weight excluding hydrogens is 462 g/mol. The number of rotatable bonds is 9. The smallest absolute Gasteiger partial charge is 0.251 e. The zero-order valence-corrected chi connectivity index (χ0v) is 20.7. The molecule has 0 spiro atoms. The van der Waals surface area contributed by atoms with Gasteiger partial charge >= 0.3 is 0 Å². The molecule has 2 amide bonds. The highest BCUT2D eigenvalue weighted by Crippen LogP contribution is 2.17. The molecule has 9 nitrogen and oxygen atoms in total. The van der Waals surface area contributed by atoms with Crippen molar-refractivity contribution in [2.75, 3.05) is 11.1 Å². The summed E-state index contributed by atoms with van der Waals surface area (Å²) in [6.07, 6.45) is 1.58. The Balaban J connectivity index is 1.34. The fraction of sp³-hybridized carbons (Fsp3) is 0.240. The summed E-state index contributed by atoms with van der Waals surface area (Å²) in [5, 5.41) is 18.9. The Morgan fingerprint density at radius 1 is 1.06 bits per heavy atom. The van der Waals surface area contributed by atoms with Crippen molar-refractivity contribution >= 4 is 29.3 Å². The first kappa shape index (κ1) is 24.2. The molecule has 0 unspecified atom stereocenters. The zero-order valence-electron chi connectivity index (χ0n) is 19.9. The molecule has 0 saturated heterocycles. The van der Waals surface area contributed by atoms with Crippen molar-refractivity contribution in [2.45, 2.75) is 32.1 Å². The number of thioether (sulfide) groups is 1. The van der Waals surface area contributed by atoms with E-state index in [-0.39, 0.29) is 17.6 Å². The number of benzene rings is 2. The van der Waals surface area contributed by atoms with Gasteiger partial charge in [-0.1, -0.05) is 48.2 Å². The Bertz CT molecular complexity index is 1330. The number of nitrogens with zero attached hydrogens (tertiary/aromatic N) is 5. The van der Waals surface area contributed by atoms with E-state index in [2.05, 4.69) is 38.1 Å². The van der Waals surface area contributed by atoms with Crippen LogP contribution in [0.2, 0.25) is 0 Å². The quantitative estimate of drug-likeness (QED) is 0.349. The second-order valence-electron chi connectivity index (χ2n) is 8.12. The Hall–Kier alpha value is -3.92. The molecule has 2 aromatic heterocycles. The maximum Gasteiger partial charge on any atom is 0.251 e. The van der Waals surface area contributed by atoms with Gasteiger partial charge in [-0.15, -0.1) is 10.2 Å². The summed E-state index contributed by atoms with van der Waals surface area (Å²) in [4.78, 5) is 25.1. The van der Waals surface area contributed by atoms with E-state index in [1.54, 1.807) is 35.2 Å². The van der Waals surface area contributed by atoms with Crippen LogP contribution in [-0.2, 0) is 24.9 Å². The molecule has 0 aliphatic rings. The highest BCUT2D eigenvalue weighted by atomic mass is 32.2. The van der Waals surface area contributed by atoms with Crippen LogP contribution >= 0.6 is 11.8 Å². The molecule has 0 fully saturated rings. The molecular formula is C25H27N7O2S. The van der Waals surface area contributed by atoms with Gasteiger partial charge in [0.1, 0.15) is 6.33 Å². The van der Waals surface area contributed by atoms with Gasteiger partial charge in [0.15, 0.2) is 5.16 Å². The summed E-state index contributed by atoms with van der Waals surface area (Å²) < 4.78 is 3.71. The fourth-order valence-electron chi connectivity index (χ4n) is 3.64. The average molecular weight is 490 g/mol. The van der Waals surface area contributed by atoms with Crippen molar-refractivity contribution in [3.8, 4) is 0 Å². The van der Waals surface area contributed by atoms with E-state index < -0.39 is 0 Å². The highest BCUT2D eigenvalue weighted by molar-refractivity contribution is 7.99. The molecule has 4 rings (SSSR count). The predicted molar refractivity (Wildman–Crippen MR) is 135 cm³/mol. The third-order valence-corrected chi connectivity index (χ3v) is 6.58. The Morgan fingerprint density at radius 3 is 2.60 bits per heavy atom. The number of hydrogen-bond donors (Lipinski definition) is 2. The van der Waals surface area contributed by atoms with Crippen LogP contribution in [0.3, 0.4) is 0 Å². The minimum absolute atomic E-state index is 0.187. The van der Waals surface area contributed by atoms with Gasteiger partial charge in [-0.2, -0.15) is 5.10 Å². The monoisotopic (exact) mass is 489 g/mol. The number of carbonyl (C=O) groups excluding carboxylic acids is 2. The molecule has 180 valence electrons. The van der Waals surface area contributed by atoms with Gasteiger partial charge in [-0.3, -0.25) is 14.3 Å². The molecule has 0 saturated carbocycles. The second kappa shape index (κ2) is 11.0. The molecule has 2 N–H and O–H groups in total. The predicted octanol–water partition coefficient (Wildman–Crippen LogP) is 3.34. The Labute approximate surface area is 208 Å². The lowest BCUT2D eigenvalue weighted by molar-refractivity contribution is -0.113. The van der Waals surface area contributed by atoms with E-state index in [4.69, 9.17) is 0 Å². The van der Waals surface area contributed by atoms with Gasteiger partial charge in [-0.25, -0.2) is 0 Å². The largest absolute Gasteiger partial charge is 0.348 e. The Kier molecular flexibility index (Phi) is 7.61. The van der Waals surface area contributed by atoms with Gasteiger partial charge in [0.2, 0.25) is 5.91 Å². The number of nitrogens with one attached hydrogen (secondary N) is 2. The van der Waals surface area contributed by atoms with Crippen molar-refractivity contribution in [1.29, 1.82) is 0 Å². The number of carbonyl (C=O) groups is 2. The van der Waals surface area contributed by atoms with Gasteiger partial charge in [0.25, 0.3) is 5.91 Å². The summed E-state index contributed by atoms with van der Waals surface area (Å²) in [6.45, 7) is 5.01. The lowest BCUT2D eigenvalue weighted by Crippen LogP contribution is -2.23. The van der Waals surface area contributed by atoms with Crippen LogP contribution in [0.4, 0.5) is 5.69 Å². The molecule has 0 aliphatic heterocycles. The van der Waals surface area contributed by atoms with Crippen LogP contribution in [-0.4, -0.2) is 42.1 Å². The van der Waals surface area contributed by atoms with Crippen molar-refractivity contribution in [2.24, 2.45) is 7.05 Å². The van der Waals surface area contributed by atoms with Crippen LogP contribution in [0.15, 0.2) is 66.1 Å². The average Bonchev–Trinajstić information content (AvgIpc) is 3.38. The molecule has 0 bridgehead atoms. The van der Waals surface area contributed by atoms with E-state index in [1.165, 1.54) is 17.3 Å². The molecule has 0 aliphatic carbocycles.